The van der Waals surface area contributed by atoms with Gasteiger partial charge in [0.2, 0.25) is 0 Å². The van der Waals surface area contributed by atoms with Gasteiger partial charge in [0, 0.05) is 25.0 Å². The number of hydrogen-bond donors (Lipinski definition) is 1. The Kier molecular flexibility index (Phi) is 7.06. The Hall–Kier alpha value is -2.55. The fourth-order valence-corrected chi connectivity index (χ4v) is 3.88. The largest absolute Gasteiger partial charge is 0.466 e. The van der Waals surface area contributed by atoms with Crippen molar-refractivity contribution in [2.24, 2.45) is 5.92 Å². The van der Waals surface area contributed by atoms with Gasteiger partial charge in [-0.25, -0.2) is 18.0 Å². The highest BCUT2D eigenvalue weighted by molar-refractivity contribution is 7.90. The minimum Gasteiger partial charge on any atom is -0.466 e. The number of anilines is 2. The zero-order valence-corrected chi connectivity index (χ0v) is 17.3. The number of carbonyl (C=O) groups excluding carboxylic acids is 2. The highest BCUT2D eigenvalue weighted by atomic mass is 32.2. The molecule has 0 unspecified atom stereocenters. The van der Waals surface area contributed by atoms with Crippen LogP contribution in [0.2, 0.25) is 0 Å². The van der Waals surface area contributed by atoms with Crippen LogP contribution in [0.25, 0.3) is 0 Å². The number of methoxy groups -OCH3 is 2. The number of nitrogens with zero attached hydrogens (tertiary/aromatic N) is 1. The Morgan fingerprint density at radius 1 is 1.18 bits per heavy atom. The minimum absolute atomic E-state index is 0.111. The second-order valence-electron chi connectivity index (χ2n) is 6.82. The first-order chi connectivity index (χ1) is 13.2. The highest BCUT2D eigenvalue weighted by Gasteiger charge is 2.23. The minimum atomic E-state index is -3.44. The predicted molar refractivity (Wildman–Crippen MR) is 106 cm³/mol. The average Bonchev–Trinajstić information content (AvgIpc) is 2.66. The van der Waals surface area contributed by atoms with Crippen molar-refractivity contribution in [1.29, 1.82) is 0 Å². The van der Waals surface area contributed by atoms with E-state index in [1.165, 1.54) is 26.5 Å². The Morgan fingerprint density at radius 3 is 2.36 bits per heavy atom. The lowest BCUT2D eigenvalue weighted by Gasteiger charge is -2.33. The summed E-state index contributed by atoms with van der Waals surface area (Å²) in [5, 5.41) is 2.83. The van der Waals surface area contributed by atoms with Crippen LogP contribution in [0, 0.1) is 5.92 Å². The van der Waals surface area contributed by atoms with Crippen LogP contribution in [0.15, 0.2) is 34.9 Å². The van der Waals surface area contributed by atoms with Crippen molar-refractivity contribution in [3.8, 4) is 0 Å². The van der Waals surface area contributed by atoms with E-state index in [-0.39, 0.29) is 10.6 Å². The van der Waals surface area contributed by atoms with Gasteiger partial charge < -0.3 is 19.7 Å². The lowest BCUT2D eigenvalue weighted by atomic mass is 9.99. The Balaban J connectivity index is 2.42. The number of sulfone groups is 1. The summed E-state index contributed by atoms with van der Waals surface area (Å²) in [6, 6.07) is 4.71. The van der Waals surface area contributed by atoms with Crippen LogP contribution in [0.5, 0.6) is 0 Å². The third-order valence-corrected chi connectivity index (χ3v) is 5.77. The highest BCUT2D eigenvalue weighted by Crippen LogP contribution is 2.32. The first-order valence-corrected chi connectivity index (χ1v) is 10.8. The molecule has 1 aromatic carbocycles. The van der Waals surface area contributed by atoms with Crippen molar-refractivity contribution in [2.75, 3.05) is 43.8 Å². The molecule has 1 aliphatic rings. The normalized spacial score (nSPS) is 15.9. The van der Waals surface area contributed by atoms with E-state index >= 15 is 0 Å². The first kappa shape index (κ1) is 21.7. The number of hydrogen-bond acceptors (Lipinski definition) is 8. The standard InChI is InChI=1S/C19H26N2O6S/c1-13-7-9-21(10-8-13)16-11-14(5-6-17(16)28(4,24)25)20-15(19(23)27-3)12-18(22)26-2/h5-6,11-13,20H,7-10H2,1-4H3/b15-12+. The van der Waals surface area contributed by atoms with Gasteiger partial charge in [0.15, 0.2) is 9.84 Å². The van der Waals surface area contributed by atoms with Gasteiger partial charge in [-0.15, -0.1) is 0 Å². The predicted octanol–water partition coefficient (Wildman–Crippen LogP) is 1.97. The number of esters is 2. The van der Waals surface area contributed by atoms with Crippen molar-refractivity contribution < 1.29 is 27.5 Å². The second-order valence-corrected chi connectivity index (χ2v) is 8.81. The molecule has 154 valence electrons. The van der Waals surface area contributed by atoms with Crippen LogP contribution in [0.4, 0.5) is 11.4 Å². The monoisotopic (exact) mass is 410 g/mol. The van der Waals surface area contributed by atoms with E-state index in [9.17, 15) is 18.0 Å². The molecular weight excluding hydrogens is 384 g/mol. The average molecular weight is 410 g/mol. The van der Waals surface area contributed by atoms with Gasteiger partial charge >= 0.3 is 11.9 Å². The summed E-state index contributed by atoms with van der Waals surface area (Å²) in [4.78, 5) is 25.7. The maximum Gasteiger partial charge on any atom is 0.354 e. The maximum absolute atomic E-state index is 12.2. The van der Waals surface area contributed by atoms with Crippen LogP contribution in [-0.2, 0) is 28.9 Å². The molecule has 0 radical (unpaired) electrons. The van der Waals surface area contributed by atoms with Gasteiger partial charge in [-0.05, 0) is 37.0 Å². The molecule has 0 saturated carbocycles. The molecule has 0 spiro atoms. The molecule has 2 rings (SSSR count). The summed E-state index contributed by atoms with van der Waals surface area (Å²) in [5.74, 6) is -0.870. The van der Waals surface area contributed by atoms with Crippen LogP contribution in [0.1, 0.15) is 19.8 Å². The maximum atomic E-state index is 12.2. The van der Waals surface area contributed by atoms with Crippen molar-refractivity contribution in [1.82, 2.24) is 0 Å². The molecule has 1 saturated heterocycles. The van der Waals surface area contributed by atoms with E-state index in [0.29, 0.717) is 17.3 Å². The van der Waals surface area contributed by atoms with Crippen LogP contribution in [-0.4, -0.2) is 53.9 Å². The van der Waals surface area contributed by atoms with E-state index in [0.717, 1.165) is 32.0 Å². The molecule has 1 N–H and O–H groups in total. The summed E-state index contributed by atoms with van der Waals surface area (Å²) in [6.45, 7) is 3.66. The summed E-state index contributed by atoms with van der Waals surface area (Å²) < 4.78 is 33.7. The molecule has 8 nitrogen and oxygen atoms in total. The molecule has 9 heteroatoms. The molecule has 0 atom stereocenters. The number of nitrogens with one attached hydrogen (secondary N) is 1. The van der Waals surface area contributed by atoms with Crippen LogP contribution >= 0.6 is 0 Å². The smallest absolute Gasteiger partial charge is 0.354 e. The lowest BCUT2D eigenvalue weighted by molar-refractivity contribution is -0.138. The summed E-state index contributed by atoms with van der Waals surface area (Å²) in [5.41, 5.74) is 0.919. The van der Waals surface area contributed by atoms with E-state index in [1.54, 1.807) is 12.1 Å². The fourth-order valence-electron chi connectivity index (χ4n) is 2.99. The van der Waals surface area contributed by atoms with Gasteiger partial charge in [-0.2, -0.15) is 0 Å². The Labute approximate surface area is 165 Å². The topological polar surface area (TPSA) is 102 Å². The number of piperidine rings is 1. The number of benzene rings is 1. The second kappa shape index (κ2) is 9.09. The third kappa shape index (κ3) is 5.48. The van der Waals surface area contributed by atoms with Crippen LogP contribution in [0.3, 0.4) is 0 Å². The van der Waals surface area contributed by atoms with E-state index in [4.69, 9.17) is 0 Å². The quantitative estimate of drug-likeness (QED) is 0.561. The first-order valence-electron chi connectivity index (χ1n) is 8.89. The summed E-state index contributed by atoms with van der Waals surface area (Å²) >= 11 is 0. The van der Waals surface area contributed by atoms with E-state index < -0.39 is 21.8 Å². The van der Waals surface area contributed by atoms with Gasteiger partial charge in [0.25, 0.3) is 0 Å². The Bertz CT molecular complexity index is 870. The molecule has 0 bridgehead atoms. The number of carbonyl (C=O) groups is 2. The van der Waals surface area contributed by atoms with E-state index in [1.807, 2.05) is 4.90 Å². The fraction of sp³-hybridized carbons (Fsp3) is 0.474. The third-order valence-electron chi connectivity index (χ3n) is 4.63. The van der Waals surface area contributed by atoms with Gasteiger partial charge in [-0.3, -0.25) is 0 Å². The van der Waals surface area contributed by atoms with E-state index in [2.05, 4.69) is 21.7 Å². The number of rotatable bonds is 6. The number of ether oxygens (including phenoxy) is 2. The van der Waals surface area contributed by atoms with Gasteiger partial charge in [-0.1, -0.05) is 6.92 Å². The molecule has 1 heterocycles. The SMILES string of the molecule is COC(=O)/C=C(/Nc1ccc(S(C)(=O)=O)c(N2CCC(C)CC2)c1)C(=O)OC. The van der Waals surface area contributed by atoms with Gasteiger partial charge in [0.05, 0.1) is 30.9 Å². The van der Waals surface area contributed by atoms with Crippen molar-refractivity contribution >= 4 is 33.2 Å². The molecule has 0 aromatic heterocycles. The van der Waals surface area contributed by atoms with Crippen molar-refractivity contribution in [3.05, 3.63) is 30.0 Å². The Morgan fingerprint density at radius 2 is 1.82 bits per heavy atom. The molecule has 0 amide bonds. The molecule has 1 aliphatic heterocycles. The van der Waals surface area contributed by atoms with Crippen molar-refractivity contribution in [3.63, 3.8) is 0 Å². The molecule has 1 fully saturated rings. The summed E-state index contributed by atoms with van der Waals surface area (Å²) in [7, 11) is -1.04. The molecule has 28 heavy (non-hydrogen) atoms. The zero-order chi connectivity index (χ0) is 20.9. The van der Waals surface area contributed by atoms with Gasteiger partial charge in [0.1, 0.15) is 5.70 Å². The zero-order valence-electron chi connectivity index (χ0n) is 16.5. The lowest BCUT2D eigenvalue weighted by Crippen LogP contribution is -2.33. The van der Waals surface area contributed by atoms with Crippen LogP contribution < -0.4 is 10.2 Å². The molecular formula is C19H26N2O6S. The van der Waals surface area contributed by atoms with Crippen molar-refractivity contribution in [2.45, 2.75) is 24.7 Å². The molecule has 1 aromatic rings. The summed E-state index contributed by atoms with van der Waals surface area (Å²) in [6.07, 6.45) is 4.09. The molecule has 0 aliphatic carbocycles.